The Morgan fingerprint density at radius 1 is 1.14 bits per heavy atom. The number of methoxy groups -OCH3 is 1. The maximum Gasteiger partial charge on any atom is 0.146 e. The second-order valence-electron chi connectivity index (χ2n) is 5.13. The first-order valence-corrected chi connectivity index (χ1v) is 7.26. The van der Waals surface area contributed by atoms with Gasteiger partial charge in [0.05, 0.1) is 11.6 Å². The van der Waals surface area contributed by atoms with E-state index in [9.17, 15) is 0 Å². The highest BCUT2D eigenvalue weighted by atomic mass is 35.5. The summed E-state index contributed by atoms with van der Waals surface area (Å²) in [5.74, 6) is 1.38. The molecule has 0 heterocycles. The van der Waals surface area contributed by atoms with E-state index in [1.807, 2.05) is 49.4 Å². The molecule has 2 aromatic rings. The van der Waals surface area contributed by atoms with Gasteiger partial charge in [0.15, 0.2) is 0 Å². The van der Waals surface area contributed by atoms with Crippen molar-refractivity contribution >= 4 is 11.6 Å². The van der Waals surface area contributed by atoms with Gasteiger partial charge in [0.2, 0.25) is 0 Å². The van der Waals surface area contributed by atoms with Crippen LogP contribution in [0.25, 0.3) is 0 Å². The Morgan fingerprint density at radius 2 is 1.95 bits per heavy atom. The van der Waals surface area contributed by atoms with E-state index in [4.69, 9.17) is 26.8 Å². The molecule has 0 aliphatic rings. The average molecular weight is 306 g/mol. The summed E-state index contributed by atoms with van der Waals surface area (Å²) in [4.78, 5) is 0. The molecule has 112 valence electrons. The minimum Gasteiger partial charge on any atom is -0.456 e. The Bertz CT molecular complexity index is 599. The van der Waals surface area contributed by atoms with Crippen molar-refractivity contribution in [2.24, 2.45) is 5.73 Å². The zero-order chi connectivity index (χ0) is 15.2. The van der Waals surface area contributed by atoms with Crippen LogP contribution in [0.4, 0.5) is 0 Å². The first-order chi connectivity index (χ1) is 10.1. The van der Waals surface area contributed by atoms with E-state index < -0.39 is 0 Å². The lowest BCUT2D eigenvalue weighted by Crippen LogP contribution is -2.17. The predicted molar refractivity (Wildman–Crippen MR) is 86.0 cm³/mol. The zero-order valence-corrected chi connectivity index (χ0v) is 13.1. The maximum absolute atomic E-state index is 6.27. The molecule has 0 saturated carbocycles. The topological polar surface area (TPSA) is 44.5 Å². The summed E-state index contributed by atoms with van der Waals surface area (Å²) in [5.41, 5.74) is 7.96. The molecule has 4 heteroatoms. The van der Waals surface area contributed by atoms with Crippen molar-refractivity contribution < 1.29 is 9.47 Å². The average Bonchev–Trinajstić information content (AvgIpc) is 2.42. The number of hydrogen-bond donors (Lipinski definition) is 1. The molecular formula is C17H20ClNO2. The normalized spacial score (nSPS) is 12.2. The van der Waals surface area contributed by atoms with Crippen LogP contribution in [0.2, 0.25) is 5.02 Å². The minimum absolute atomic E-state index is 0.110. The molecule has 3 nitrogen and oxygen atoms in total. The number of benzene rings is 2. The second-order valence-corrected chi connectivity index (χ2v) is 5.54. The fourth-order valence-electron chi connectivity index (χ4n) is 2.12. The van der Waals surface area contributed by atoms with Gasteiger partial charge in [-0.3, -0.25) is 0 Å². The monoisotopic (exact) mass is 305 g/mol. The van der Waals surface area contributed by atoms with Gasteiger partial charge in [-0.2, -0.15) is 0 Å². The minimum atomic E-state index is 0.110. The van der Waals surface area contributed by atoms with Crippen molar-refractivity contribution in [1.29, 1.82) is 0 Å². The third-order valence-corrected chi connectivity index (χ3v) is 3.29. The number of halogens is 1. The summed E-state index contributed by atoms with van der Waals surface area (Å²) >= 11 is 6.27. The molecular weight excluding hydrogens is 286 g/mol. The van der Waals surface area contributed by atoms with Gasteiger partial charge >= 0.3 is 0 Å². The van der Waals surface area contributed by atoms with Crippen molar-refractivity contribution in [2.45, 2.75) is 26.0 Å². The summed E-state index contributed by atoms with van der Waals surface area (Å²) in [5, 5.41) is 0.588. The Morgan fingerprint density at radius 3 is 2.62 bits per heavy atom. The molecule has 0 fully saturated rings. The summed E-state index contributed by atoms with van der Waals surface area (Å²) < 4.78 is 11.0. The smallest absolute Gasteiger partial charge is 0.146 e. The molecule has 0 aromatic heterocycles. The fraction of sp³-hybridized carbons (Fsp3) is 0.294. The molecule has 0 spiro atoms. The van der Waals surface area contributed by atoms with Gasteiger partial charge in [-0.1, -0.05) is 29.8 Å². The van der Waals surface area contributed by atoms with Crippen LogP contribution < -0.4 is 10.5 Å². The van der Waals surface area contributed by atoms with E-state index in [0.29, 0.717) is 17.4 Å². The maximum atomic E-state index is 6.27. The summed E-state index contributed by atoms with van der Waals surface area (Å²) in [6.45, 7) is 2.53. The second kappa shape index (κ2) is 7.46. The van der Waals surface area contributed by atoms with Gasteiger partial charge in [0, 0.05) is 13.2 Å². The van der Waals surface area contributed by atoms with Gasteiger partial charge in [0.25, 0.3) is 0 Å². The standard InChI is InChI=1S/C17H20ClNO2/c1-12(19)8-13-6-7-17(16(18)10-13)21-15-5-3-4-14(9-15)11-20-2/h3-7,9-10,12H,8,11,19H2,1-2H3. The lowest BCUT2D eigenvalue weighted by molar-refractivity contribution is 0.184. The highest BCUT2D eigenvalue weighted by Gasteiger charge is 2.06. The van der Waals surface area contributed by atoms with E-state index in [-0.39, 0.29) is 6.04 Å². The third-order valence-electron chi connectivity index (χ3n) is 2.99. The van der Waals surface area contributed by atoms with Crippen LogP contribution in [-0.4, -0.2) is 13.2 Å². The molecule has 0 bridgehead atoms. The summed E-state index contributed by atoms with van der Waals surface area (Å²) in [6, 6.07) is 13.6. The van der Waals surface area contributed by atoms with Crippen LogP contribution in [0.1, 0.15) is 18.1 Å². The van der Waals surface area contributed by atoms with E-state index in [1.54, 1.807) is 7.11 Å². The lowest BCUT2D eigenvalue weighted by Gasteiger charge is -2.11. The van der Waals surface area contributed by atoms with Crippen LogP contribution >= 0.6 is 11.6 Å². The fourth-order valence-corrected chi connectivity index (χ4v) is 2.36. The number of rotatable bonds is 6. The molecule has 0 radical (unpaired) electrons. The zero-order valence-electron chi connectivity index (χ0n) is 12.3. The van der Waals surface area contributed by atoms with Crippen molar-refractivity contribution in [3.63, 3.8) is 0 Å². The summed E-state index contributed by atoms with van der Waals surface area (Å²) in [6.07, 6.45) is 0.795. The molecule has 2 N–H and O–H groups in total. The van der Waals surface area contributed by atoms with Crippen LogP contribution in [0.5, 0.6) is 11.5 Å². The highest BCUT2D eigenvalue weighted by molar-refractivity contribution is 6.32. The van der Waals surface area contributed by atoms with Crippen molar-refractivity contribution in [2.75, 3.05) is 7.11 Å². The molecule has 1 atom stereocenters. The van der Waals surface area contributed by atoms with Gasteiger partial charge < -0.3 is 15.2 Å². The van der Waals surface area contributed by atoms with Gasteiger partial charge in [-0.05, 0) is 48.7 Å². The molecule has 0 aliphatic heterocycles. The van der Waals surface area contributed by atoms with Crippen LogP contribution in [-0.2, 0) is 17.8 Å². The predicted octanol–water partition coefficient (Wildman–Crippen LogP) is 4.17. The Labute approximate surface area is 130 Å². The van der Waals surface area contributed by atoms with Crippen LogP contribution in [0.15, 0.2) is 42.5 Å². The van der Waals surface area contributed by atoms with Gasteiger partial charge in [0.1, 0.15) is 11.5 Å². The summed E-state index contributed by atoms with van der Waals surface area (Å²) in [7, 11) is 1.67. The Kier molecular flexibility index (Phi) is 5.62. The lowest BCUT2D eigenvalue weighted by atomic mass is 10.1. The molecule has 2 aromatic carbocycles. The molecule has 0 amide bonds. The van der Waals surface area contributed by atoms with Crippen molar-refractivity contribution in [3.8, 4) is 11.5 Å². The van der Waals surface area contributed by atoms with Crippen LogP contribution in [0, 0.1) is 0 Å². The molecule has 1 unspecified atom stereocenters. The number of hydrogen-bond acceptors (Lipinski definition) is 3. The van der Waals surface area contributed by atoms with E-state index >= 15 is 0 Å². The van der Waals surface area contributed by atoms with E-state index in [1.165, 1.54) is 0 Å². The first kappa shape index (κ1) is 15.8. The Balaban J connectivity index is 2.14. The number of ether oxygens (including phenoxy) is 2. The molecule has 0 aliphatic carbocycles. The quantitative estimate of drug-likeness (QED) is 0.871. The molecule has 21 heavy (non-hydrogen) atoms. The number of nitrogens with two attached hydrogens (primary N) is 1. The molecule has 0 saturated heterocycles. The van der Waals surface area contributed by atoms with E-state index in [2.05, 4.69) is 0 Å². The van der Waals surface area contributed by atoms with Crippen molar-refractivity contribution in [3.05, 3.63) is 58.6 Å². The van der Waals surface area contributed by atoms with E-state index in [0.717, 1.165) is 23.3 Å². The third kappa shape index (κ3) is 4.74. The van der Waals surface area contributed by atoms with Gasteiger partial charge in [-0.25, -0.2) is 0 Å². The largest absolute Gasteiger partial charge is 0.456 e. The first-order valence-electron chi connectivity index (χ1n) is 6.88. The Hall–Kier alpha value is -1.55. The highest BCUT2D eigenvalue weighted by Crippen LogP contribution is 2.30. The SMILES string of the molecule is COCc1cccc(Oc2ccc(CC(C)N)cc2Cl)c1. The molecule has 2 rings (SSSR count). The van der Waals surface area contributed by atoms with Crippen molar-refractivity contribution in [1.82, 2.24) is 0 Å². The van der Waals surface area contributed by atoms with Crippen LogP contribution in [0.3, 0.4) is 0 Å². The van der Waals surface area contributed by atoms with Gasteiger partial charge in [-0.15, -0.1) is 0 Å².